The Morgan fingerprint density at radius 2 is 1.63 bits per heavy atom. The Bertz CT molecular complexity index is 1160. The lowest BCUT2D eigenvalue weighted by atomic mass is 9.96. The van der Waals surface area contributed by atoms with E-state index in [9.17, 15) is 24.8 Å². The van der Waals surface area contributed by atoms with Gasteiger partial charge in [0.15, 0.2) is 5.76 Å². The number of non-ortho nitro benzene ring substituents is 1. The Hall–Kier alpha value is -4.33. The number of pyridine rings is 1. The molecule has 8 heteroatoms. The Labute approximate surface area is 170 Å². The van der Waals surface area contributed by atoms with Crippen molar-refractivity contribution in [3.63, 3.8) is 0 Å². The van der Waals surface area contributed by atoms with Gasteiger partial charge in [0.25, 0.3) is 17.4 Å². The summed E-state index contributed by atoms with van der Waals surface area (Å²) in [4.78, 5) is 41.6. The number of Topliss-reactive ketones (excluding diaryl/α,β-unsaturated/α-hetero) is 1. The maximum Gasteiger partial charge on any atom is 0.300 e. The molecule has 2 aromatic carbocycles. The maximum atomic E-state index is 12.9. The molecule has 1 fully saturated rings. The number of nitro groups is 1. The zero-order chi connectivity index (χ0) is 21.3. The van der Waals surface area contributed by atoms with Crippen LogP contribution in [0.25, 0.3) is 5.76 Å². The van der Waals surface area contributed by atoms with Crippen molar-refractivity contribution in [1.82, 2.24) is 4.98 Å². The number of hydrogen-bond donors (Lipinski definition) is 1. The van der Waals surface area contributed by atoms with Crippen LogP contribution in [0.2, 0.25) is 0 Å². The number of anilines is 1. The summed E-state index contributed by atoms with van der Waals surface area (Å²) in [6.07, 6.45) is 1.46. The van der Waals surface area contributed by atoms with Crippen molar-refractivity contribution >= 4 is 28.8 Å². The molecule has 0 radical (unpaired) electrons. The first kappa shape index (κ1) is 19.0. The Morgan fingerprint density at radius 3 is 2.23 bits per heavy atom. The third kappa shape index (κ3) is 3.20. The third-order valence-corrected chi connectivity index (χ3v) is 4.81. The smallest absolute Gasteiger partial charge is 0.300 e. The largest absolute Gasteiger partial charge is 0.505 e. The van der Waals surface area contributed by atoms with Crippen molar-refractivity contribution in [2.45, 2.75) is 6.04 Å². The number of hydrogen-bond acceptors (Lipinski definition) is 6. The molecule has 0 aliphatic carbocycles. The van der Waals surface area contributed by atoms with Crippen LogP contribution < -0.4 is 4.90 Å². The minimum Gasteiger partial charge on any atom is -0.505 e. The normalized spacial score (nSPS) is 17.9. The number of rotatable bonds is 4. The summed E-state index contributed by atoms with van der Waals surface area (Å²) in [5.74, 6) is -2.07. The number of aliphatic hydroxyl groups excluding tert-OH is 1. The molecule has 0 bridgehead atoms. The minimum absolute atomic E-state index is 0.125. The predicted octanol–water partition coefficient (Wildman–Crippen LogP) is 3.62. The zero-order valence-corrected chi connectivity index (χ0v) is 15.5. The summed E-state index contributed by atoms with van der Waals surface area (Å²) >= 11 is 0. The van der Waals surface area contributed by atoms with E-state index in [1.165, 1.54) is 41.4 Å². The number of carbonyl (C=O) groups excluding carboxylic acids is 2. The fraction of sp³-hybridized carbons (Fsp3) is 0.0455. The molecule has 30 heavy (non-hydrogen) atoms. The highest BCUT2D eigenvalue weighted by atomic mass is 16.6. The van der Waals surface area contributed by atoms with Crippen molar-refractivity contribution in [1.29, 1.82) is 0 Å². The molecule has 4 rings (SSSR count). The van der Waals surface area contributed by atoms with Crippen LogP contribution in [0, 0.1) is 10.1 Å². The van der Waals surface area contributed by atoms with E-state index in [-0.39, 0.29) is 17.0 Å². The minimum atomic E-state index is -0.963. The van der Waals surface area contributed by atoms with Gasteiger partial charge < -0.3 is 5.11 Å². The van der Waals surface area contributed by atoms with E-state index >= 15 is 0 Å². The number of nitro benzene ring substituents is 1. The first-order valence-corrected chi connectivity index (χ1v) is 9.01. The van der Waals surface area contributed by atoms with Crippen LogP contribution in [-0.2, 0) is 9.59 Å². The summed E-state index contributed by atoms with van der Waals surface area (Å²) in [6, 6.07) is 18.0. The van der Waals surface area contributed by atoms with E-state index in [0.717, 1.165) is 0 Å². The van der Waals surface area contributed by atoms with Crippen molar-refractivity contribution in [2.75, 3.05) is 4.90 Å². The van der Waals surface area contributed by atoms with Gasteiger partial charge in [0.1, 0.15) is 5.69 Å². The van der Waals surface area contributed by atoms with E-state index in [1.54, 1.807) is 42.5 Å². The third-order valence-electron chi connectivity index (χ3n) is 4.81. The quantitative estimate of drug-likeness (QED) is 0.235. The molecule has 1 amide bonds. The van der Waals surface area contributed by atoms with Crippen molar-refractivity contribution in [3.8, 4) is 0 Å². The first-order chi connectivity index (χ1) is 14.5. The molecule has 148 valence electrons. The second-order valence-corrected chi connectivity index (χ2v) is 6.57. The van der Waals surface area contributed by atoms with E-state index in [0.29, 0.717) is 11.3 Å². The van der Waals surface area contributed by atoms with Gasteiger partial charge in [-0.2, -0.15) is 0 Å². The van der Waals surface area contributed by atoms with Gasteiger partial charge in [0.2, 0.25) is 0 Å². The molecule has 1 saturated heterocycles. The lowest BCUT2D eigenvalue weighted by molar-refractivity contribution is -0.384. The lowest BCUT2D eigenvalue weighted by Crippen LogP contribution is -2.29. The molecular weight excluding hydrogens is 386 g/mol. The molecule has 3 aromatic rings. The van der Waals surface area contributed by atoms with Crippen LogP contribution in [0.1, 0.15) is 17.3 Å². The van der Waals surface area contributed by atoms with Crippen molar-refractivity contribution < 1.29 is 19.6 Å². The molecule has 2 heterocycles. The van der Waals surface area contributed by atoms with Crippen LogP contribution in [0.4, 0.5) is 11.4 Å². The van der Waals surface area contributed by atoms with Crippen LogP contribution in [0.3, 0.4) is 0 Å². The second-order valence-electron chi connectivity index (χ2n) is 6.57. The highest BCUT2D eigenvalue weighted by Crippen LogP contribution is 2.42. The van der Waals surface area contributed by atoms with Crippen LogP contribution in [0.15, 0.2) is 84.6 Å². The maximum absolute atomic E-state index is 12.9. The molecular formula is C22H15N3O5. The van der Waals surface area contributed by atoms with Crippen molar-refractivity contribution in [2.24, 2.45) is 0 Å². The Morgan fingerprint density at radius 1 is 0.967 bits per heavy atom. The number of carbonyl (C=O) groups is 2. The molecule has 8 nitrogen and oxygen atoms in total. The molecule has 0 saturated carbocycles. The van der Waals surface area contributed by atoms with Crippen LogP contribution in [0.5, 0.6) is 0 Å². The fourth-order valence-electron chi connectivity index (χ4n) is 3.42. The molecule has 1 N–H and O–H groups in total. The number of amides is 1. The van der Waals surface area contributed by atoms with E-state index in [2.05, 4.69) is 4.98 Å². The first-order valence-electron chi connectivity index (χ1n) is 9.01. The fourth-order valence-corrected chi connectivity index (χ4v) is 3.42. The van der Waals surface area contributed by atoms with Gasteiger partial charge in [-0.15, -0.1) is 0 Å². The van der Waals surface area contributed by atoms with E-state index in [1.807, 2.05) is 0 Å². The molecule has 1 aliphatic rings. The number of ketones is 1. The molecule has 1 atom stereocenters. The number of aromatic nitrogens is 1. The van der Waals surface area contributed by atoms with Crippen LogP contribution in [-0.4, -0.2) is 26.7 Å². The lowest BCUT2D eigenvalue weighted by Gasteiger charge is -2.25. The predicted molar refractivity (Wildman–Crippen MR) is 109 cm³/mol. The molecule has 0 spiro atoms. The highest BCUT2D eigenvalue weighted by molar-refractivity contribution is 6.51. The molecule has 1 unspecified atom stereocenters. The van der Waals surface area contributed by atoms with Gasteiger partial charge >= 0.3 is 0 Å². The average molecular weight is 401 g/mol. The summed E-state index contributed by atoms with van der Waals surface area (Å²) < 4.78 is 0. The standard InChI is InChI=1S/C22H15N3O5/c26-20(17-8-4-5-13-23-17)18-19(14-9-11-16(12-10-14)25(29)30)24(22(28)21(18)27)15-6-2-1-3-7-15/h1-13,19,26H. The topological polar surface area (TPSA) is 114 Å². The molecule has 1 aliphatic heterocycles. The summed E-state index contributed by atoms with van der Waals surface area (Å²) in [5, 5.41) is 21.9. The highest BCUT2D eigenvalue weighted by Gasteiger charge is 2.47. The van der Waals surface area contributed by atoms with E-state index < -0.39 is 28.4 Å². The zero-order valence-electron chi connectivity index (χ0n) is 15.5. The summed E-state index contributed by atoms with van der Waals surface area (Å²) in [5.41, 5.74) is 0.802. The van der Waals surface area contributed by atoms with Gasteiger partial charge in [-0.25, -0.2) is 0 Å². The molecule has 1 aromatic heterocycles. The number of aliphatic hydroxyl groups is 1. The van der Waals surface area contributed by atoms with Gasteiger partial charge in [-0.1, -0.05) is 24.3 Å². The van der Waals surface area contributed by atoms with E-state index in [4.69, 9.17) is 0 Å². The second kappa shape index (κ2) is 7.59. The van der Waals surface area contributed by atoms with Crippen LogP contribution >= 0.6 is 0 Å². The summed E-state index contributed by atoms with van der Waals surface area (Å²) in [7, 11) is 0. The van der Waals surface area contributed by atoms with Gasteiger partial charge in [-0.3, -0.25) is 29.6 Å². The van der Waals surface area contributed by atoms with Gasteiger partial charge in [0.05, 0.1) is 16.5 Å². The monoisotopic (exact) mass is 401 g/mol. The van der Waals surface area contributed by atoms with Crippen molar-refractivity contribution in [3.05, 3.63) is 106 Å². The SMILES string of the molecule is O=C1C(=O)N(c2ccccc2)C(c2ccc([N+](=O)[O-])cc2)C1=C(O)c1ccccn1. The number of para-hydroxylation sites is 1. The average Bonchev–Trinajstić information content (AvgIpc) is 3.05. The number of nitrogens with zero attached hydrogens (tertiary/aromatic N) is 3. The van der Waals surface area contributed by atoms with Gasteiger partial charge in [0, 0.05) is 24.0 Å². The number of benzene rings is 2. The Kier molecular flexibility index (Phi) is 4.81. The Balaban J connectivity index is 1.93. The van der Waals surface area contributed by atoms with Gasteiger partial charge in [-0.05, 0) is 42.0 Å². The summed E-state index contributed by atoms with van der Waals surface area (Å²) in [6.45, 7) is 0.